The third kappa shape index (κ3) is 8.22. The van der Waals surface area contributed by atoms with Crippen molar-refractivity contribution < 1.29 is 39.5 Å². The van der Waals surface area contributed by atoms with E-state index in [1.165, 1.54) is 0 Å². The number of hydrogen-bond acceptors (Lipinski definition) is 9. The molecule has 0 unspecified atom stereocenters. The first-order valence-corrected chi connectivity index (χ1v) is 8.96. The first-order valence-electron chi connectivity index (χ1n) is 8.96. The molecule has 2 aromatic heterocycles. The maximum absolute atomic E-state index is 10.3. The van der Waals surface area contributed by atoms with E-state index in [-0.39, 0.29) is 6.04 Å². The molecule has 0 spiro atoms. The lowest BCUT2D eigenvalue weighted by Gasteiger charge is -2.18. The summed E-state index contributed by atoms with van der Waals surface area (Å²) in [5.74, 6) is -3.12. The Bertz CT molecular complexity index is 889. The summed E-state index contributed by atoms with van der Waals surface area (Å²) < 4.78 is 5.23. The second kappa shape index (κ2) is 11.4. The van der Waals surface area contributed by atoms with Crippen LogP contribution in [-0.4, -0.2) is 72.0 Å². The lowest BCUT2D eigenvalue weighted by atomic mass is 9.96. The lowest BCUT2D eigenvalue weighted by Crippen LogP contribution is -2.42. The molecule has 0 fully saturated rings. The van der Waals surface area contributed by atoms with Gasteiger partial charge in [0.25, 0.3) is 0 Å². The van der Waals surface area contributed by atoms with Crippen LogP contribution in [-0.2, 0) is 14.4 Å². The molecule has 0 radical (unpaired) electrons. The van der Waals surface area contributed by atoms with Crippen LogP contribution in [0.4, 0.5) is 5.82 Å². The molecule has 2 aromatic rings. The number of aliphatic carboxylic acids is 3. The molecule has 2 heterocycles. The second-order valence-electron chi connectivity index (χ2n) is 6.60. The molecule has 0 saturated carbocycles. The average molecular weight is 436 g/mol. The molecular weight excluding hydrogens is 412 g/mol. The van der Waals surface area contributed by atoms with Crippen LogP contribution in [0.2, 0.25) is 0 Å². The van der Waals surface area contributed by atoms with Gasteiger partial charge in [-0.3, -0.25) is 14.6 Å². The number of methoxy groups -OCH3 is 1. The minimum atomic E-state index is -2.74. The molecule has 12 nitrogen and oxygen atoms in total. The highest BCUT2D eigenvalue weighted by atomic mass is 16.5. The molecule has 0 aliphatic carbocycles. The highest BCUT2D eigenvalue weighted by Gasteiger charge is 2.40. The Morgan fingerprint density at radius 3 is 2.13 bits per heavy atom. The molecule has 0 aliphatic heterocycles. The van der Waals surface area contributed by atoms with Gasteiger partial charge in [0.1, 0.15) is 5.69 Å². The first-order chi connectivity index (χ1) is 14.5. The molecule has 0 aliphatic rings. The van der Waals surface area contributed by atoms with Crippen LogP contribution in [0, 0.1) is 0 Å². The molecule has 168 valence electrons. The van der Waals surface area contributed by atoms with E-state index >= 15 is 0 Å². The third-order valence-electron chi connectivity index (χ3n) is 3.58. The smallest absolute Gasteiger partial charge is 0.336 e. The van der Waals surface area contributed by atoms with Gasteiger partial charge >= 0.3 is 17.9 Å². The van der Waals surface area contributed by atoms with E-state index < -0.39 is 36.4 Å². The van der Waals surface area contributed by atoms with Crippen molar-refractivity contribution in [2.75, 3.05) is 12.4 Å². The molecule has 0 amide bonds. The van der Waals surface area contributed by atoms with Crippen molar-refractivity contribution in [1.82, 2.24) is 15.0 Å². The largest absolute Gasteiger partial charge is 0.491 e. The van der Waals surface area contributed by atoms with Crippen LogP contribution >= 0.6 is 0 Å². The fraction of sp³-hybridized carbons (Fsp3) is 0.368. The number of nitrogens with one attached hydrogen (secondary N) is 1. The number of pyridine rings is 1. The Hall–Kier alpha value is -3.80. The highest BCUT2D eigenvalue weighted by Crippen LogP contribution is 2.24. The van der Waals surface area contributed by atoms with E-state index in [4.69, 9.17) is 25.2 Å². The van der Waals surface area contributed by atoms with E-state index in [0.29, 0.717) is 17.4 Å². The van der Waals surface area contributed by atoms with Crippen LogP contribution in [0.3, 0.4) is 0 Å². The predicted molar refractivity (Wildman–Crippen MR) is 108 cm³/mol. The standard InChI is InChI=1S/C13H16N4O.C6H8O7/c1-9(2)16-13-11(18-3)8-15-12(17-13)10-6-4-5-7-14-10;7-3(8)1-6(13,5(11)12)2-4(9)10/h4-9H,1-3H3,(H,15,16,17);13H,1-2H2,(H,7,8)(H,9,10)(H,11,12). The predicted octanol–water partition coefficient (Wildman–Crippen LogP) is 1.12. The quantitative estimate of drug-likeness (QED) is 0.377. The molecule has 0 aromatic carbocycles. The Labute approximate surface area is 177 Å². The van der Waals surface area contributed by atoms with Gasteiger partial charge in [0, 0.05) is 12.2 Å². The van der Waals surface area contributed by atoms with Crippen molar-refractivity contribution in [2.45, 2.75) is 38.3 Å². The zero-order chi connectivity index (χ0) is 23.6. The summed E-state index contributed by atoms with van der Waals surface area (Å²) in [5.41, 5.74) is -2.00. The van der Waals surface area contributed by atoms with Crippen molar-refractivity contribution in [1.29, 1.82) is 0 Å². The summed E-state index contributed by atoms with van der Waals surface area (Å²) in [6.45, 7) is 4.09. The summed E-state index contributed by atoms with van der Waals surface area (Å²) in [7, 11) is 1.60. The second-order valence-corrected chi connectivity index (χ2v) is 6.60. The van der Waals surface area contributed by atoms with Crippen molar-refractivity contribution >= 4 is 23.7 Å². The zero-order valence-corrected chi connectivity index (χ0v) is 17.1. The third-order valence-corrected chi connectivity index (χ3v) is 3.58. The molecule has 2 rings (SSSR count). The normalized spacial score (nSPS) is 10.6. The Balaban J connectivity index is 0.000000330. The maximum atomic E-state index is 10.3. The van der Waals surface area contributed by atoms with E-state index in [9.17, 15) is 14.4 Å². The van der Waals surface area contributed by atoms with Gasteiger partial charge in [-0.15, -0.1) is 0 Å². The van der Waals surface area contributed by atoms with Crippen molar-refractivity contribution in [3.05, 3.63) is 30.6 Å². The average Bonchev–Trinajstić information content (AvgIpc) is 2.67. The minimum absolute atomic E-state index is 0.269. The number of nitrogens with zero attached hydrogens (tertiary/aromatic N) is 3. The number of hydrogen-bond donors (Lipinski definition) is 5. The number of carboxylic acids is 3. The Morgan fingerprint density at radius 1 is 1.10 bits per heavy atom. The summed E-state index contributed by atoms with van der Waals surface area (Å²) in [5, 5.41) is 37.0. The minimum Gasteiger partial charge on any atom is -0.491 e. The van der Waals surface area contributed by atoms with Crippen LogP contribution in [0.15, 0.2) is 30.6 Å². The summed E-state index contributed by atoms with van der Waals surface area (Å²) in [6.07, 6.45) is 1.09. The van der Waals surface area contributed by atoms with Gasteiger partial charge in [0.15, 0.2) is 23.0 Å². The summed E-state index contributed by atoms with van der Waals surface area (Å²) in [6, 6.07) is 5.91. The molecule has 0 atom stereocenters. The van der Waals surface area contributed by atoms with Crippen molar-refractivity contribution in [2.24, 2.45) is 0 Å². The Morgan fingerprint density at radius 2 is 1.71 bits per heavy atom. The number of ether oxygens (including phenoxy) is 1. The van der Waals surface area contributed by atoms with Gasteiger partial charge < -0.3 is 30.5 Å². The van der Waals surface area contributed by atoms with Crippen LogP contribution in [0.5, 0.6) is 5.75 Å². The fourth-order valence-electron chi connectivity index (χ4n) is 2.23. The number of aromatic nitrogens is 3. The zero-order valence-electron chi connectivity index (χ0n) is 17.1. The van der Waals surface area contributed by atoms with Gasteiger partial charge in [0.05, 0.1) is 26.1 Å². The van der Waals surface area contributed by atoms with Crippen molar-refractivity contribution in [3.63, 3.8) is 0 Å². The highest BCUT2D eigenvalue weighted by molar-refractivity contribution is 5.88. The van der Waals surface area contributed by atoms with Gasteiger partial charge in [-0.05, 0) is 26.0 Å². The number of carboxylic acid groups (broad SMARTS) is 3. The topological polar surface area (TPSA) is 192 Å². The van der Waals surface area contributed by atoms with Gasteiger partial charge in [-0.2, -0.15) is 0 Å². The number of rotatable bonds is 9. The molecule has 12 heteroatoms. The van der Waals surface area contributed by atoms with Crippen LogP contribution in [0.25, 0.3) is 11.5 Å². The molecular formula is C19H24N4O8. The van der Waals surface area contributed by atoms with Crippen LogP contribution < -0.4 is 10.1 Å². The lowest BCUT2D eigenvalue weighted by molar-refractivity contribution is -0.170. The summed E-state index contributed by atoms with van der Waals surface area (Å²) >= 11 is 0. The van der Waals surface area contributed by atoms with Gasteiger partial charge in [-0.1, -0.05) is 6.07 Å². The number of anilines is 1. The fourth-order valence-corrected chi connectivity index (χ4v) is 2.23. The monoisotopic (exact) mass is 436 g/mol. The molecule has 5 N–H and O–H groups in total. The first kappa shape index (κ1) is 25.2. The van der Waals surface area contributed by atoms with E-state index in [1.807, 2.05) is 32.0 Å². The maximum Gasteiger partial charge on any atom is 0.336 e. The molecule has 31 heavy (non-hydrogen) atoms. The van der Waals surface area contributed by atoms with Gasteiger partial charge in [0.2, 0.25) is 0 Å². The Kier molecular flexibility index (Phi) is 9.28. The van der Waals surface area contributed by atoms with Crippen LogP contribution in [0.1, 0.15) is 26.7 Å². The summed E-state index contributed by atoms with van der Waals surface area (Å²) in [4.78, 5) is 43.4. The van der Waals surface area contributed by atoms with Crippen molar-refractivity contribution in [3.8, 4) is 17.3 Å². The van der Waals surface area contributed by atoms with Gasteiger partial charge in [-0.25, -0.2) is 14.8 Å². The van der Waals surface area contributed by atoms with E-state index in [2.05, 4.69) is 20.3 Å². The SMILES string of the molecule is COc1cnc(-c2ccccn2)nc1NC(C)C.O=C(O)CC(O)(CC(=O)O)C(=O)O. The number of aliphatic hydroxyl groups is 1. The number of carbonyl (C=O) groups is 3. The molecule has 0 bridgehead atoms. The van der Waals surface area contributed by atoms with E-state index in [1.54, 1.807) is 19.5 Å². The van der Waals surface area contributed by atoms with E-state index in [0.717, 1.165) is 5.69 Å². The molecule has 0 saturated heterocycles.